The van der Waals surface area contributed by atoms with Crippen molar-refractivity contribution < 1.29 is 0 Å². The Morgan fingerprint density at radius 3 is 3.00 bits per heavy atom. The largest absolute Gasteiger partial charge is 0.310 e. The van der Waals surface area contributed by atoms with Crippen LogP contribution in [0.4, 0.5) is 0 Å². The fourth-order valence-corrected chi connectivity index (χ4v) is 1.42. The van der Waals surface area contributed by atoms with Gasteiger partial charge < -0.3 is 5.32 Å². The van der Waals surface area contributed by atoms with Crippen molar-refractivity contribution in [3.8, 4) is 0 Å². The van der Waals surface area contributed by atoms with Crippen LogP contribution in [0.3, 0.4) is 0 Å². The molecule has 1 aromatic rings. The molecule has 1 aromatic heterocycles. The van der Waals surface area contributed by atoms with E-state index in [0.29, 0.717) is 0 Å². The van der Waals surface area contributed by atoms with Crippen LogP contribution in [0.2, 0.25) is 0 Å². The van der Waals surface area contributed by atoms with E-state index in [9.17, 15) is 0 Å². The first-order valence-corrected chi connectivity index (χ1v) is 4.46. The van der Waals surface area contributed by atoms with Gasteiger partial charge in [-0.25, -0.2) is 0 Å². The second-order valence-corrected chi connectivity index (χ2v) is 3.72. The number of rotatable bonds is 3. The molecule has 1 aliphatic rings. The van der Waals surface area contributed by atoms with Crippen LogP contribution in [0, 0.1) is 5.92 Å². The zero-order valence-electron chi connectivity index (χ0n) is 7.62. The zero-order chi connectivity index (χ0) is 8.55. The third-order valence-corrected chi connectivity index (χ3v) is 2.44. The molecule has 0 amide bonds. The second kappa shape index (κ2) is 2.90. The van der Waals surface area contributed by atoms with Crippen molar-refractivity contribution in [2.45, 2.75) is 25.9 Å². The molecule has 2 atom stereocenters. The summed E-state index contributed by atoms with van der Waals surface area (Å²) in [6.45, 7) is 3.24. The van der Waals surface area contributed by atoms with Gasteiger partial charge in [-0.05, 0) is 12.3 Å². The van der Waals surface area contributed by atoms with Crippen LogP contribution in [0.1, 0.15) is 18.9 Å². The Bertz CT molecular complexity index is 266. The highest BCUT2D eigenvalue weighted by molar-refractivity contribution is 5.04. The molecule has 1 heterocycles. The van der Waals surface area contributed by atoms with Gasteiger partial charge in [0.2, 0.25) is 0 Å². The van der Waals surface area contributed by atoms with E-state index < -0.39 is 0 Å². The summed E-state index contributed by atoms with van der Waals surface area (Å²) in [5.41, 5.74) is 1.27. The van der Waals surface area contributed by atoms with Gasteiger partial charge in [0, 0.05) is 31.4 Å². The van der Waals surface area contributed by atoms with Crippen LogP contribution in [0.25, 0.3) is 0 Å². The molecule has 0 bridgehead atoms. The molecular weight excluding hydrogens is 150 g/mol. The Morgan fingerprint density at radius 1 is 1.75 bits per heavy atom. The molecular formula is C9H15N3. The van der Waals surface area contributed by atoms with E-state index in [-0.39, 0.29) is 0 Å². The number of aryl methyl sites for hydroxylation is 1. The van der Waals surface area contributed by atoms with Gasteiger partial charge in [-0.2, -0.15) is 5.10 Å². The fraction of sp³-hybridized carbons (Fsp3) is 0.667. The summed E-state index contributed by atoms with van der Waals surface area (Å²) >= 11 is 0. The molecule has 0 spiro atoms. The van der Waals surface area contributed by atoms with Gasteiger partial charge in [-0.3, -0.25) is 4.68 Å². The number of aromatic nitrogens is 2. The van der Waals surface area contributed by atoms with E-state index in [0.717, 1.165) is 18.5 Å². The fourth-order valence-electron chi connectivity index (χ4n) is 1.42. The molecule has 0 aliphatic heterocycles. The Balaban J connectivity index is 1.80. The van der Waals surface area contributed by atoms with Gasteiger partial charge in [0.1, 0.15) is 0 Å². The Kier molecular flexibility index (Phi) is 1.89. The van der Waals surface area contributed by atoms with E-state index >= 15 is 0 Å². The second-order valence-electron chi connectivity index (χ2n) is 3.72. The Hall–Kier alpha value is -0.830. The van der Waals surface area contributed by atoms with Crippen molar-refractivity contribution in [3.63, 3.8) is 0 Å². The minimum absolute atomic E-state index is 0.755. The van der Waals surface area contributed by atoms with Gasteiger partial charge in [0.15, 0.2) is 0 Å². The van der Waals surface area contributed by atoms with Crippen molar-refractivity contribution in [3.05, 3.63) is 18.0 Å². The molecule has 0 saturated heterocycles. The highest BCUT2D eigenvalue weighted by Crippen LogP contribution is 2.29. The molecule has 66 valence electrons. The van der Waals surface area contributed by atoms with Gasteiger partial charge >= 0.3 is 0 Å². The highest BCUT2D eigenvalue weighted by Gasteiger charge is 2.31. The molecule has 2 rings (SSSR count). The summed E-state index contributed by atoms with van der Waals surface area (Å²) in [5.74, 6) is 0.877. The summed E-state index contributed by atoms with van der Waals surface area (Å²) in [6.07, 6.45) is 5.31. The van der Waals surface area contributed by atoms with E-state index in [2.05, 4.69) is 23.5 Å². The van der Waals surface area contributed by atoms with Crippen molar-refractivity contribution in [2.24, 2.45) is 13.0 Å². The minimum Gasteiger partial charge on any atom is -0.310 e. The number of hydrogen-bond acceptors (Lipinski definition) is 2. The van der Waals surface area contributed by atoms with Crippen molar-refractivity contribution in [1.82, 2.24) is 15.1 Å². The maximum absolute atomic E-state index is 4.11. The van der Waals surface area contributed by atoms with Crippen LogP contribution in [0.5, 0.6) is 0 Å². The van der Waals surface area contributed by atoms with E-state index in [1.165, 1.54) is 12.0 Å². The lowest BCUT2D eigenvalue weighted by Crippen LogP contribution is -2.16. The third kappa shape index (κ3) is 1.67. The first-order chi connectivity index (χ1) is 5.75. The number of nitrogens with zero attached hydrogens (tertiary/aromatic N) is 2. The molecule has 0 aromatic carbocycles. The standard InChI is InChI=1S/C9H15N3/c1-7-3-9(7)10-4-8-5-11-12(2)6-8/h5-7,9-10H,3-4H2,1-2H3. The van der Waals surface area contributed by atoms with Crippen LogP contribution < -0.4 is 5.32 Å². The Labute approximate surface area is 72.8 Å². The maximum atomic E-state index is 4.11. The zero-order valence-corrected chi connectivity index (χ0v) is 7.62. The first-order valence-electron chi connectivity index (χ1n) is 4.46. The molecule has 2 unspecified atom stereocenters. The molecule has 1 saturated carbocycles. The van der Waals surface area contributed by atoms with Crippen LogP contribution in [0.15, 0.2) is 12.4 Å². The summed E-state index contributed by atoms with van der Waals surface area (Å²) in [5, 5.41) is 7.59. The highest BCUT2D eigenvalue weighted by atomic mass is 15.2. The van der Waals surface area contributed by atoms with Gasteiger partial charge in [-0.15, -0.1) is 0 Å². The third-order valence-electron chi connectivity index (χ3n) is 2.44. The lowest BCUT2D eigenvalue weighted by atomic mass is 10.3. The van der Waals surface area contributed by atoms with Gasteiger partial charge in [-0.1, -0.05) is 6.92 Å². The SMILES string of the molecule is CC1CC1NCc1cnn(C)c1. The molecule has 0 radical (unpaired) electrons. The summed E-state index contributed by atoms with van der Waals surface area (Å²) in [7, 11) is 1.95. The first kappa shape index (κ1) is 7.80. The maximum Gasteiger partial charge on any atom is 0.0534 e. The average molecular weight is 165 g/mol. The van der Waals surface area contributed by atoms with E-state index in [4.69, 9.17) is 0 Å². The topological polar surface area (TPSA) is 29.9 Å². The van der Waals surface area contributed by atoms with Crippen LogP contribution in [-0.4, -0.2) is 15.8 Å². The number of hydrogen-bond donors (Lipinski definition) is 1. The molecule has 1 aliphatic carbocycles. The van der Waals surface area contributed by atoms with Gasteiger partial charge in [0.25, 0.3) is 0 Å². The van der Waals surface area contributed by atoms with Gasteiger partial charge in [0.05, 0.1) is 6.20 Å². The van der Waals surface area contributed by atoms with Crippen molar-refractivity contribution >= 4 is 0 Å². The molecule has 1 N–H and O–H groups in total. The van der Waals surface area contributed by atoms with Crippen LogP contribution >= 0.6 is 0 Å². The smallest absolute Gasteiger partial charge is 0.0534 e. The molecule has 12 heavy (non-hydrogen) atoms. The number of nitrogens with one attached hydrogen (secondary N) is 1. The monoisotopic (exact) mass is 165 g/mol. The predicted molar refractivity (Wildman–Crippen MR) is 47.6 cm³/mol. The van der Waals surface area contributed by atoms with E-state index in [1.807, 2.05) is 17.9 Å². The molecule has 1 fully saturated rings. The lowest BCUT2D eigenvalue weighted by Gasteiger charge is -1.98. The summed E-state index contributed by atoms with van der Waals surface area (Å²) in [4.78, 5) is 0. The molecule has 3 nitrogen and oxygen atoms in total. The quantitative estimate of drug-likeness (QED) is 0.721. The minimum atomic E-state index is 0.755. The predicted octanol–water partition coefficient (Wildman–Crippen LogP) is 0.918. The normalized spacial score (nSPS) is 27.5. The van der Waals surface area contributed by atoms with E-state index in [1.54, 1.807) is 0 Å². The Morgan fingerprint density at radius 2 is 2.50 bits per heavy atom. The van der Waals surface area contributed by atoms with Crippen LogP contribution in [-0.2, 0) is 13.6 Å². The molecule has 3 heteroatoms. The summed E-state index contributed by atoms with van der Waals surface area (Å²) in [6, 6.07) is 0.755. The lowest BCUT2D eigenvalue weighted by molar-refractivity contribution is 0.652. The van der Waals surface area contributed by atoms with Crippen molar-refractivity contribution in [2.75, 3.05) is 0 Å². The summed E-state index contributed by atoms with van der Waals surface area (Å²) < 4.78 is 1.84. The average Bonchev–Trinajstić information content (AvgIpc) is 2.56. The van der Waals surface area contributed by atoms with Crippen molar-refractivity contribution in [1.29, 1.82) is 0 Å².